The van der Waals surface area contributed by atoms with Gasteiger partial charge in [0.1, 0.15) is 43.7 Å². The molecule has 10 heteroatoms. The van der Waals surface area contributed by atoms with E-state index in [-0.39, 0.29) is 32.4 Å². The zero-order valence-corrected chi connectivity index (χ0v) is 13.9. The Kier molecular flexibility index (Phi) is 4.32. The van der Waals surface area contributed by atoms with Crippen molar-refractivity contribution in [2.45, 2.75) is 50.8 Å². The molecular weight excluding hydrogens is 340 g/mol. The maximum atomic E-state index is 12.5. The summed E-state index contributed by atoms with van der Waals surface area (Å²) in [7, 11) is 0. The molecule has 0 aromatic carbocycles. The highest BCUT2D eigenvalue weighted by molar-refractivity contribution is 5.78. The van der Waals surface area contributed by atoms with E-state index in [2.05, 4.69) is 0 Å². The molecule has 0 spiro atoms. The van der Waals surface area contributed by atoms with Gasteiger partial charge < -0.3 is 37.9 Å². The summed E-state index contributed by atoms with van der Waals surface area (Å²) in [6.45, 7) is 3.59. The van der Waals surface area contributed by atoms with Crippen LogP contribution in [0.25, 0.3) is 0 Å². The minimum atomic E-state index is -1.11. The third-order valence-electron chi connectivity index (χ3n) is 4.69. The second kappa shape index (κ2) is 6.36. The highest BCUT2D eigenvalue weighted by Gasteiger charge is 2.56. The molecule has 4 rings (SSSR count). The molecule has 4 fully saturated rings. The summed E-state index contributed by atoms with van der Waals surface area (Å²) in [5.74, 6) is -0.600. The molecule has 140 valence electrons. The summed E-state index contributed by atoms with van der Waals surface area (Å²) in [4.78, 5) is 23.5. The van der Waals surface area contributed by atoms with Crippen LogP contribution in [-0.2, 0) is 42.7 Å². The normalized spacial score (nSPS) is 42.6. The predicted molar refractivity (Wildman–Crippen MR) is 75.1 cm³/mol. The van der Waals surface area contributed by atoms with Crippen LogP contribution >= 0.6 is 0 Å². The van der Waals surface area contributed by atoms with Gasteiger partial charge in [0.05, 0.1) is 6.61 Å². The van der Waals surface area contributed by atoms with Crippen LogP contribution < -0.4 is 0 Å². The second-order valence-corrected chi connectivity index (χ2v) is 6.72. The number of hydrogen-bond donors (Lipinski definition) is 0. The minimum absolute atomic E-state index is 0.0877. The molecule has 6 atom stereocenters. The lowest BCUT2D eigenvalue weighted by molar-refractivity contribution is -0.219. The number of cyclic esters (lactones) is 2. The fourth-order valence-corrected chi connectivity index (χ4v) is 3.22. The quantitative estimate of drug-likeness (QED) is 0.635. The topological polar surface area (TPSA) is 108 Å². The first kappa shape index (κ1) is 17.0. The van der Waals surface area contributed by atoms with Crippen molar-refractivity contribution in [1.82, 2.24) is 0 Å². The largest absolute Gasteiger partial charge is 0.508 e. The van der Waals surface area contributed by atoms with Crippen molar-refractivity contribution >= 4 is 12.1 Å². The van der Waals surface area contributed by atoms with E-state index in [1.165, 1.54) is 0 Å². The molecule has 10 nitrogen and oxygen atoms in total. The van der Waals surface area contributed by atoms with Gasteiger partial charge in [-0.3, -0.25) is 4.79 Å². The fourth-order valence-electron chi connectivity index (χ4n) is 3.22. The summed E-state index contributed by atoms with van der Waals surface area (Å²) in [6.07, 6.45) is -3.84. The minimum Gasteiger partial charge on any atom is -0.433 e. The van der Waals surface area contributed by atoms with Crippen molar-refractivity contribution in [3.05, 3.63) is 0 Å². The van der Waals surface area contributed by atoms with Crippen molar-refractivity contribution in [3.63, 3.8) is 0 Å². The average molecular weight is 360 g/mol. The zero-order chi connectivity index (χ0) is 17.6. The third kappa shape index (κ3) is 3.08. The lowest BCUT2D eigenvalue weighted by atomic mass is 9.92. The van der Waals surface area contributed by atoms with Gasteiger partial charge in [-0.15, -0.1) is 0 Å². The Bertz CT molecular complexity index is 540. The predicted octanol–water partition coefficient (Wildman–Crippen LogP) is -0.0695. The van der Waals surface area contributed by atoms with Crippen LogP contribution in [0.3, 0.4) is 0 Å². The Morgan fingerprint density at radius 2 is 1.80 bits per heavy atom. The van der Waals surface area contributed by atoms with Crippen LogP contribution in [0, 0.1) is 5.41 Å². The van der Waals surface area contributed by atoms with E-state index in [1.807, 2.05) is 0 Å². The fraction of sp³-hybridized carbons (Fsp3) is 0.867. The van der Waals surface area contributed by atoms with Crippen molar-refractivity contribution in [1.29, 1.82) is 0 Å². The number of hydrogen-bond acceptors (Lipinski definition) is 10. The number of ether oxygens (including phenoxy) is 8. The molecule has 0 aromatic heterocycles. The molecule has 4 aliphatic rings. The van der Waals surface area contributed by atoms with Crippen LogP contribution in [0.4, 0.5) is 4.79 Å². The molecule has 0 bridgehead atoms. The van der Waals surface area contributed by atoms with Crippen molar-refractivity contribution in [2.24, 2.45) is 5.41 Å². The maximum Gasteiger partial charge on any atom is 0.508 e. The van der Waals surface area contributed by atoms with Crippen LogP contribution in [0.5, 0.6) is 0 Å². The molecule has 0 amide bonds. The highest BCUT2D eigenvalue weighted by atomic mass is 16.8. The molecule has 0 saturated carbocycles. The number of carbonyl (C=O) groups is 2. The van der Waals surface area contributed by atoms with Gasteiger partial charge in [0, 0.05) is 0 Å². The van der Waals surface area contributed by atoms with Crippen LogP contribution in [0.2, 0.25) is 0 Å². The summed E-state index contributed by atoms with van der Waals surface area (Å²) < 4.78 is 43.0. The molecule has 3 unspecified atom stereocenters. The van der Waals surface area contributed by atoms with Crippen LogP contribution in [0.15, 0.2) is 0 Å². The maximum absolute atomic E-state index is 12.5. The Labute approximate surface area is 143 Å². The first-order chi connectivity index (χ1) is 12.0. The molecule has 4 saturated heterocycles. The van der Waals surface area contributed by atoms with E-state index >= 15 is 0 Å². The first-order valence-electron chi connectivity index (χ1n) is 8.13. The molecule has 0 radical (unpaired) electrons. The van der Waals surface area contributed by atoms with Gasteiger partial charge in [-0.25, -0.2) is 4.79 Å². The molecular formula is C15H20O10. The van der Waals surface area contributed by atoms with Crippen LogP contribution in [-0.4, -0.2) is 75.7 Å². The SMILES string of the molecule is CC1OCC([C@H]2OC(OC(=O)C3(C)COC(=O)OC3)[C@H]3OCO[C@@H]23)O1. The van der Waals surface area contributed by atoms with Gasteiger partial charge in [0.2, 0.25) is 6.29 Å². The van der Waals surface area contributed by atoms with E-state index in [4.69, 9.17) is 37.9 Å². The van der Waals surface area contributed by atoms with Gasteiger partial charge in [-0.2, -0.15) is 0 Å². The van der Waals surface area contributed by atoms with Gasteiger partial charge in [-0.1, -0.05) is 0 Å². The zero-order valence-electron chi connectivity index (χ0n) is 13.9. The van der Waals surface area contributed by atoms with E-state index in [0.717, 1.165) is 0 Å². The standard InChI is InChI=1S/C15H20O10/c1-7-18-3-8(23-7)9-10-11(22-6-21-10)12(24-9)25-13(16)15(2)4-19-14(17)20-5-15/h7-12H,3-6H2,1-2H3/t7?,8?,9-,10+,11+,12?/m1/s1. The van der Waals surface area contributed by atoms with E-state index in [9.17, 15) is 9.59 Å². The summed E-state index contributed by atoms with van der Waals surface area (Å²) in [5, 5.41) is 0. The monoisotopic (exact) mass is 360 g/mol. The Hall–Kier alpha value is -1.46. The van der Waals surface area contributed by atoms with Gasteiger partial charge in [0.15, 0.2) is 12.4 Å². The summed E-state index contributed by atoms with van der Waals surface area (Å²) >= 11 is 0. The van der Waals surface area contributed by atoms with Crippen molar-refractivity contribution in [3.8, 4) is 0 Å². The van der Waals surface area contributed by atoms with Crippen molar-refractivity contribution in [2.75, 3.05) is 26.6 Å². The smallest absolute Gasteiger partial charge is 0.433 e. The highest BCUT2D eigenvalue weighted by Crippen LogP contribution is 2.37. The first-order valence-corrected chi connectivity index (χ1v) is 8.13. The second-order valence-electron chi connectivity index (χ2n) is 6.72. The number of carbonyl (C=O) groups excluding carboxylic acids is 2. The van der Waals surface area contributed by atoms with Crippen LogP contribution in [0.1, 0.15) is 13.8 Å². The third-order valence-corrected chi connectivity index (χ3v) is 4.69. The molecule has 0 N–H and O–H groups in total. The lowest BCUT2D eigenvalue weighted by Gasteiger charge is -2.31. The number of esters is 1. The molecule has 25 heavy (non-hydrogen) atoms. The molecule has 0 aromatic rings. The van der Waals surface area contributed by atoms with Gasteiger partial charge in [-0.05, 0) is 13.8 Å². The Morgan fingerprint density at radius 3 is 2.48 bits per heavy atom. The summed E-state index contributed by atoms with van der Waals surface area (Å²) in [6, 6.07) is 0. The lowest BCUT2D eigenvalue weighted by Crippen LogP contribution is -2.46. The van der Waals surface area contributed by atoms with Crippen molar-refractivity contribution < 1.29 is 47.5 Å². The van der Waals surface area contributed by atoms with E-state index in [0.29, 0.717) is 6.61 Å². The molecule has 0 aliphatic carbocycles. The Balaban J connectivity index is 1.42. The van der Waals surface area contributed by atoms with Gasteiger partial charge in [0.25, 0.3) is 0 Å². The van der Waals surface area contributed by atoms with E-state index < -0.39 is 42.1 Å². The Morgan fingerprint density at radius 1 is 1.08 bits per heavy atom. The molecule has 4 heterocycles. The number of fused-ring (bicyclic) bond motifs is 1. The molecule has 4 aliphatic heterocycles. The number of rotatable bonds is 3. The van der Waals surface area contributed by atoms with Gasteiger partial charge >= 0.3 is 12.1 Å². The van der Waals surface area contributed by atoms with E-state index in [1.54, 1.807) is 13.8 Å². The average Bonchev–Trinajstić information content (AvgIpc) is 3.28. The summed E-state index contributed by atoms with van der Waals surface area (Å²) in [5.41, 5.74) is -1.11.